The average molecular weight is 476 g/mol. The zero-order valence-corrected chi connectivity index (χ0v) is 18.8. The molecule has 3 rings (SSSR count). The van der Waals surface area contributed by atoms with E-state index in [1.165, 1.54) is 24.3 Å². The minimum absolute atomic E-state index is 0.0357. The Balaban J connectivity index is 0.00000199. The van der Waals surface area contributed by atoms with Crippen molar-refractivity contribution in [2.75, 3.05) is 11.9 Å². The third kappa shape index (κ3) is 7.06. The van der Waals surface area contributed by atoms with Crippen molar-refractivity contribution in [2.24, 2.45) is 0 Å². The van der Waals surface area contributed by atoms with Gasteiger partial charge in [-0.25, -0.2) is 9.18 Å². The molecule has 0 spiro atoms. The van der Waals surface area contributed by atoms with E-state index in [9.17, 15) is 22.4 Å². The molecule has 3 aromatic carbocycles. The summed E-state index contributed by atoms with van der Waals surface area (Å²) < 4.78 is 62.0. The van der Waals surface area contributed by atoms with Crippen molar-refractivity contribution in [3.63, 3.8) is 0 Å². The molecule has 0 aliphatic carbocycles. The zero-order valence-electron chi connectivity index (χ0n) is 18.8. The van der Waals surface area contributed by atoms with Gasteiger partial charge in [0.15, 0.2) is 0 Å². The predicted octanol–water partition coefficient (Wildman–Crippen LogP) is 7.34. The van der Waals surface area contributed by atoms with Gasteiger partial charge < -0.3 is 14.8 Å². The number of hydrogen-bond donors (Lipinski definition) is 2. The second-order valence-corrected chi connectivity index (χ2v) is 6.56. The van der Waals surface area contributed by atoms with Gasteiger partial charge in [-0.1, -0.05) is 13.8 Å². The summed E-state index contributed by atoms with van der Waals surface area (Å²) in [4.78, 5) is 11.9. The van der Waals surface area contributed by atoms with Crippen LogP contribution in [0.25, 0.3) is 0 Å². The molecule has 34 heavy (non-hydrogen) atoms. The van der Waals surface area contributed by atoms with Crippen LogP contribution < -0.4 is 10.1 Å². The smallest absolute Gasteiger partial charge is 0.416 e. The third-order valence-electron chi connectivity index (χ3n) is 4.28. The average Bonchev–Trinajstić information content (AvgIpc) is 2.82. The molecule has 0 heterocycles. The molecule has 0 fully saturated rings. The fourth-order valence-electron chi connectivity index (χ4n) is 2.76. The van der Waals surface area contributed by atoms with Gasteiger partial charge >= 0.3 is 12.1 Å². The highest BCUT2D eigenvalue weighted by atomic mass is 19.4. The van der Waals surface area contributed by atoms with E-state index in [0.29, 0.717) is 17.1 Å². The summed E-state index contributed by atoms with van der Waals surface area (Å²) in [6.07, 6.45) is -4.42. The summed E-state index contributed by atoms with van der Waals surface area (Å²) in [6, 6.07) is 14.4. The molecule has 0 atom stereocenters. The van der Waals surface area contributed by atoms with Crippen LogP contribution in [-0.2, 0) is 15.7 Å². The topological polar surface area (TPSA) is 71.4 Å². The van der Waals surface area contributed by atoms with Crippen LogP contribution in [0.3, 0.4) is 0 Å². The van der Waals surface area contributed by atoms with E-state index in [-0.39, 0.29) is 17.9 Å². The van der Waals surface area contributed by atoms with Gasteiger partial charge in [0.05, 0.1) is 12.2 Å². The van der Waals surface area contributed by atoms with Crippen LogP contribution in [0.4, 0.5) is 28.9 Å². The molecule has 0 aliphatic rings. The van der Waals surface area contributed by atoms with Crippen molar-refractivity contribution < 1.29 is 31.8 Å². The number of carbonyl (C=O) groups is 1. The van der Waals surface area contributed by atoms with Gasteiger partial charge in [0.25, 0.3) is 0 Å². The fourth-order valence-corrected chi connectivity index (χ4v) is 2.76. The van der Waals surface area contributed by atoms with Crippen LogP contribution in [0.2, 0.25) is 0 Å². The number of hydrogen-bond acceptors (Lipinski definition) is 5. The van der Waals surface area contributed by atoms with Crippen molar-refractivity contribution in [3.8, 4) is 11.5 Å². The van der Waals surface area contributed by atoms with Crippen molar-refractivity contribution >= 4 is 23.1 Å². The molecule has 9 heteroatoms. The standard InChI is InChI=1S/C23H18F4N2O3.C2H6/c1-2-31-22(30)21(28)19-13-15(24)5-12-20(19)29-16-6-10-18(11-7-16)32-17-8-3-14(4-9-17)23(25,26)27;1-2/h3-13,28-29H,2H2,1H3;1-2H3. The van der Waals surface area contributed by atoms with Gasteiger partial charge in [-0.05, 0) is 73.7 Å². The van der Waals surface area contributed by atoms with E-state index in [4.69, 9.17) is 14.9 Å². The summed E-state index contributed by atoms with van der Waals surface area (Å²) in [5.74, 6) is -0.863. The van der Waals surface area contributed by atoms with Gasteiger partial charge in [0.2, 0.25) is 0 Å². The summed E-state index contributed by atoms with van der Waals surface area (Å²) >= 11 is 0. The van der Waals surface area contributed by atoms with E-state index in [2.05, 4.69) is 5.32 Å². The molecule has 0 aromatic heterocycles. The Labute approximate surface area is 194 Å². The molecule has 0 bridgehead atoms. The molecule has 0 unspecified atom stereocenters. The molecular formula is C25H24F4N2O3. The molecular weight excluding hydrogens is 452 g/mol. The molecule has 180 valence electrons. The lowest BCUT2D eigenvalue weighted by Crippen LogP contribution is -2.19. The van der Waals surface area contributed by atoms with Crippen LogP contribution in [0.1, 0.15) is 31.9 Å². The second kappa shape index (κ2) is 11.8. The first-order chi connectivity index (χ1) is 16.2. The SMILES string of the molecule is CC.CCOC(=O)C(=N)c1cc(F)ccc1Nc1ccc(Oc2ccc(C(F)(F)F)cc2)cc1. The number of carbonyl (C=O) groups excluding carboxylic acids is 1. The number of anilines is 2. The van der Waals surface area contributed by atoms with Crippen LogP contribution in [0.5, 0.6) is 11.5 Å². The summed E-state index contributed by atoms with van der Waals surface area (Å²) in [7, 11) is 0. The minimum atomic E-state index is -4.42. The van der Waals surface area contributed by atoms with E-state index < -0.39 is 29.2 Å². The Morgan fingerprint density at radius 1 is 0.941 bits per heavy atom. The molecule has 3 aromatic rings. The highest BCUT2D eigenvalue weighted by Gasteiger charge is 2.30. The van der Waals surface area contributed by atoms with E-state index >= 15 is 0 Å². The molecule has 0 saturated heterocycles. The molecule has 0 amide bonds. The van der Waals surface area contributed by atoms with Crippen LogP contribution in [-0.4, -0.2) is 18.3 Å². The van der Waals surface area contributed by atoms with E-state index in [1.807, 2.05) is 13.8 Å². The van der Waals surface area contributed by atoms with Crippen molar-refractivity contribution in [2.45, 2.75) is 26.9 Å². The first-order valence-corrected chi connectivity index (χ1v) is 10.4. The van der Waals surface area contributed by atoms with Gasteiger partial charge in [-0.3, -0.25) is 5.41 Å². The minimum Gasteiger partial charge on any atom is -0.461 e. The van der Waals surface area contributed by atoms with Gasteiger partial charge in [-0.15, -0.1) is 0 Å². The lowest BCUT2D eigenvalue weighted by molar-refractivity contribution is -0.137. The number of nitrogens with one attached hydrogen (secondary N) is 2. The van der Waals surface area contributed by atoms with E-state index in [0.717, 1.165) is 18.2 Å². The maximum atomic E-state index is 13.7. The zero-order chi connectivity index (χ0) is 25.3. The van der Waals surface area contributed by atoms with Gasteiger partial charge in [0, 0.05) is 16.9 Å². The Morgan fingerprint density at radius 3 is 2.03 bits per heavy atom. The number of halogens is 4. The van der Waals surface area contributed by atoms with Crippen molar-refractivity contribution in [1.82, 2.24) is 0 Å². The van der Waals surface area contributed by atoms with Gasteiger partial charge in [0.1, 0.15) is 23.0 Å². The lowest BCUT2D eigenvalue weighted by Gasteiger charge is -2.13. The normalized spacial score (nSPS) is 10.6. The number of ether oxygens (including phenoxy) is 2. The first-order valence-electron chi connectivity index (χ1n) is 10.4. The number of benzene rings is 3. The quantitative estimate of drug-likeness (QED) is 0.213. The molecule has 0 saturated carbocycles. The predicted molar refractivity (Wildman–Crippen MR) is 122 cm³/mol. The third-order valence-corrected chi connectivity index (χ3v) is 4.28. The largest absolute Gasteiger partial charge is 0.461 e. The number of alkyl halides is 3. The maximum Gasteiger partial charge on any atom is 0.416 e. The van der Waals surface area contributed by atoms with Crippen molar-refractivity contribution in [3.05, 3.63) is 83.7 Å². The highest BCUT2D eigenvalue weighted by molar-refractivity contribution is 6.43. The van der Waals surface area contributed by atoms with Crippen LogP contribution in [0, 0.1) is 11.2 Å². The van der Waals surface area contributed by atoms with Gasteiger partial charge in [-0.2, -0.15) is 13.2 Å². The fraction of sp³-hybridized carbons (Fsp3) is 0.200. The van der Waals surface area contributed by atoms with Crippen LogP contribution in [0.15, 0.2) is 66.7 Å². The molecule has 0 aliphatic heterocycles. The molecule has 5 nitrogen and oxygen atoms in total. The maximum absolute atomic E-state index is 13.7. The van der Waals surface area contributed by atoms with Crippen LogP contribution >= 0.6 is 0 Å². The second-order valence-electron chi connectivity index (χ2n) is 6.56. The molecule has 2 N–H and O–H groups in total. The Morgan fingerprint density at radius 2 is 1.50 bits per heavy atom. The monoisotopic (exact) mass is 476 g/mol. The summed E-state index contributed by atoms with van der Waals surface area (Å²) in [5.41, 5.74) is -0.354. The number of esters is 1. The Bertz CT molecular complexity index is 1110. The lowest BCUT2D eigenvalue weighted by atomic mass is 10.1. The first kappa shape index (κ1) is 26.4. The highest BCUT2D eigenvalue weighted by Crippen LogP contribution is 2.32. The van der Waals surface area contributed by atoms with E-state index in [1.54, 1.807) is 31.2 Å². The number of rotatable bonds is 7. The molecule has 0 radical (unpaired) electrons. The Hall–Kier alpha value is -3.88. The Kier molecular flexibility index (Phi) is 9.18. The van der Waals surface area contributed by atoms with Crippen molar-refractivity contribution in [1.29, 1.82) is 5.41 Å². The summed E-state index contributed by atoms with van der Waals surface area (Å²) in [6.45, 7) is 5.68. The summed E-state index contributed by atoms with van der Waals surface area (Å²) in [5, 5.41) is 11.0.